The summed E-state index contributed by atoms with van der Waals surface area (Å²) in [5.74, 6) is 0.360. The average Bonchev–Trinajstić information content (AvgIpc) is 2.61. The molecule has 132 valence electrons. The molecule has 3 rings (SSSR count). The highest BCUT2D eigenvalue weighted by Crippen LogP contribution is 2.15. The predicted molar refractivity (Wildman–Crippen MR) is 93.2 cm³/mol. The van der Waals surface area contributed by atoms with E-state index in [1.807, 2.05) is 37.3 Å². The molecule has 1 aromatic carbocycles. The zero-order valence-electron chi connectivity index (χ0n) is 14.6. The number of rotatable bonds is 5. The molecular weight excluding hydrogens is 318 g/mol. The molecule has 1 aliphatic rings. The molecular formula is C19H23N3O3. The highest BCUT2D eigenvalue weighted by atomic mass is 16.5. The maximum Gasteiger partial charge on any atom is 0.270 e. The molecule has 1 N–H and O–H groups in total. The first-order chi connectivity index (χ1) is 12.1. The smallest absolute Gasteiger partial charge is 0.270 e. The molecule has 1 aliphatic heterocycles. The van der Waals surface area contributed by atoms with Gasteiger partial charge in [-0.1, -0.05) is 30.3 Å². The van der Waals surface area contributed by atoms with Gasteiger partial charge in [0, 0.05) is 12.3 Å². The fourth-order valence-corrected chi connectivity index (χ4v) is 2.91. The number of hydrogen-bond acceptors (Lipinski definition) is 5. The largest absolute Gasteiger partial charge is 0.379 e. The van der Waals surface area contributed by atoms with E-state index in [0.717, 1.165) is 17.7 Å². The Labute approximate surface area is 147 Å². The Morgan fingerprint density at radius 2 is 2.08 bits per heavy atom. The van der Waals surface area contributed by atoms with Gasteiger partial charge in [-0.05, 0) is 31.9 Å². The third kappa shape index (κ3) is 4.84. The number of carbonyl (C=O) groups excluding carboxylic acids is 1. The lowest BCUT2D eigenvalue weighted by Gasteiger charge is -2.32. The van der Waals surface area contributed by atoms with Crippen LogP contribution in [0.2, 0.25) is 0 Å². The Bertz CT molecular complexity index is 701. The summed E-state index contributed by atoms with van der Waals surface area (Å²) in [5.41, 5.74) is 2.26. The molecule has 6 heteroatoms. The number of nitrogens with one attached hydrogen (secondary N) is 1. The average molecular weight is 341 g/mol. The number of aryl methyl sites for hydroxylation is 2. The van der Waals surface area contributed by atoms with Crippen molar-refractivity contribution in [2.24, 2.45) is 0 Å². The number of benzene rings is 1. The van der Waals surface area contributed by atoms with E-state index in [1.165, 1.54) is 0 Å². The van der Waals surface area contributed by atoms with Gasteiger partial charge >= 0.3 is 0 Å². The van der Waals surface area contributed by atoms with E-state index >= 15 is 0 Å². The van der Waals surface area contributed by atoms with Gasteiger partial charge in [-0.25, -0.2) is 9.97 Å². The molecule has 1 amide bonds. The molecule has 1 fully saturated rings. The zero-order valence-corrected chi connectivity index (χ0v) is 14.6. The molecule has 0 saturated carbocycles. The Hall–Kier alpha value is -2.31. The molecule has 0 bridgehead atoms. The van der Waals surface area contributed by atoms with Gasteiger partial charge in [-0.15, -0.1) is 0 Å². The number of carbonyl (C=O) groups is 1. The Morgan fingerprint density at radius 1 is 1.28 bits per heavy atom. The van der Waals surface area contributed by atoms with Crippen LogP contribution in [0.1, 0.15) is 34.0 Å². The molecule has 2 heterocycles. The normalized spacial score (nSPS) is 20.2. The van der Waals surface area contributed by atoms with Crippen LogP contribution in [0.3, 0.4) is 0 Å². The quantitative estimate of drug-likeness (QED) is 0.902. The van der Waals surface area contributed by atoms with Crippen LogP contribution < -0.4 is 5.32 Å². The van der Waals surface area contributed by atoms with Crippen LogP contribution in [0.15, 0.2) is 36.4 Å². The number of ether oxygens (including phenoxy) is 2. The van der Waals surface area contributed by atoms with Gasteiger partial charge < -0.3 is 14.8 Å². The summed E-state index contributed by atoms with van der Waals surface area (Å²) in [4.78, 5) is 20.9. The molecule has 0 unspecified atom stereocenters. The van der Waals surface area contributed by atoms with Gasteiger partial charge in [0.05, 0.1) is 25.4 Å². The van der Waals surface area contributed by atoms with Gasteiger partial charge in [0.15, 0.2) is 0 Å². The van der Waals surface area contributed by atoms with Crippen molar-refractivity contribution in [3.8, 4) is 0 Å². The zero-order chi connectivity index (χ0) is 17.6. The SMILES string of the molecule is Cc1cc(C(=O)N[C@@H]2COCC[C@@H]2OCc2ccccc2)nc(C)n1. The maximum atomic E-state index is 12.5. The molecule has 25 heavy (non-hydrogen) atoms. The summed E-state index contributed by atoms with van der Waals surface area (Å²) in [7, 11) is 0. The van der Waals surface area contributed by atoms with Crippen molar-refractivity contribution >= 4 is 5.91 Å². The van der Waals surface area contributed by atoms with Crippen LogP contribution in [-0.2, 0) is 16.1 Å². The molecule has 6 nitrogen and oxygen atoms in total. The molecule has 0 radical (unpaired) electrons. The van der Waals surface area contributed by atoms with Gasteiger partial charge in [-0.3, -0.25) is 4.79 Å². The van der Waals surface area contributed by atoms with Crippen molar-refractivity contribution in [2.45, 2.75) is 39.0 Å². The number of amides is 1. The monoisotopic (exact) mass is 341 g/mol. The summed E-state index contributed by atoms with van der Waals surface area (Å²) < 4.78 is 11.6. The Morgan fingerprint density at radius 3 is 2.84 bits per heavy atom. The highest BCUT2D eigenvalue weighted by Gasteiger charge is 2.28. The van der Waals surface area contributed by atoms with Crippen LogP contribution in [-0.4, -0.2) is 41.2 Å². The Kier molecular flexibility index (Phi) is 5.73. The van der Waals surface area contributed by atoms with Crippen LogP contribution >= 0.6 is 0 Å². The maximum absolute atomic E-state index is 12.5. The lowest BCUT2D eigenvalue weighted by molar-refractivity contribution is -0.0605. The van der Waals surface area contributed by atoms with Crippen LogP contribution in [0, 0.1) is 13.8 Å². The van der Waals surface area contributed by atoms with E-state index in [4.69, 9.17) is 9.47 Å². The second kappa shape index (κ2) is 8.18. The Balaban J connectivity index is 1.63. The van der Waals surface area contributed by atoms with Crippen molar-refractivity contribution < 1.29 is 14.3 Å². The summed E-state index contributed by atoms with van der Waals surface area (Å²) in [5, 5.41) is 3.00. The van der Waals surface area contributed by atoms with Crippen molar-refractivity contribution in [1.82, 2.24) is 15.3 Å². The van der Waals surface area contributed by atoms with Crippen molar-refractivity contribution in [1.29, 1.82) is 0 Å². The molecule has 0 spiro atoms. The van der Waals surface area contributed by atoms with Crippen LogP contribution in [0.4, 0.5) is 0 Å². The third-order valence-electron chi connectivity index (χ3n) is 4.11. The van der Waals surface area contributed by atoms with E-state index in [2.05, 4.69) is 15.3 Å². The van der Waals surface area contributed by atoms with Gasteiger partial charge in [0.1, 0.15) is 11.5 Å². The molecule has 2 atom stereocenters. The highest BCUT2D eigenvalue weighted by molar-refractivity contribution is 5.92. The summed E-state index contributed by atoms with van der Waals surface area (Å²) in [6.45, 7) is 5.22. The number of aromatic nitrogens is 2. The minimum atomic E-state index is -0.225. The van der Waals surface area contributed by atoms with Crippen LogP contribution in [0.5, 0.6) is 0 Å². The molecule has 0 aliphatic carbocycles. The van der Waals surface area contributed by atoms with Crippen molar-refractivity contribution in [3.63, 3.8) is 0 Å². The van der Waals surface area contributed by atoms with E-state index in [-0.39, 0.29) is 18.1 Å². The van der Waals surface area contributed by atoms with E-state index in [0.29, 0.717) is 31.3 Å². The second-order valence-corrected chi connectivity index (χ2v) is 6.22. The first kappa shape index (κ1) is 17.5. The van der Waals surface area contributed by atoms with Gasteiger partial charge in [-0.2, -0.15) is 0 Å². The van der Waals surface area contributed by atoms with E-state index in [9.17, 15) is 4.79 Å². The lowest BCUT2D eigenvalue weighted by Crippen LogP contribution is -2.50. The van der Waals surface area contributed by atoms with Crippen molar-refractivity contribution in [3.05, 3.63) is 59.2 Å². The summed E-state index contributed by atoms with van der Waals surface area (Å²) in [6.07, 6.45) is 0.668. The number of hydrogen-bond donors (Lipinski definition) is 1. The number of nitrogens with zero attached hydrogens (tertiary/aromatic N) is 2. The topological polar surface area (TPSA) is 73.3 Å². The van der Waals surface area contributed by atoms with E-state index in [1.54, 1.807) is 13.0 Å². The lowest BCUT2D eigenvalue weighted by atomic mass is 10.1. The third-order valence-corrected chi connectivity index (χ3v) is 4.11. The summed E-state index contributed by atoms with van der Waals surface area (Å²) >= 11 is 0. The molecule has 1 aromatic heterocycles. The second-order valence-electron chi connectivity index (χ2n) is 6.22. The predicted octanol–water partition coefficient (Wildman–Crippen LogP) is 2.20. The fourth-order valence-electron chi connectivity index (χ4n) is 2.91. The first-order valence-electron chi connectivity index (χ1n) is 8.48. The first-order valence-corrected chi connectivity index (χ1v) is 8.48. The summed E-state index contributed by atoms with van der Waals surface area (Å²) in [6, 6.07) is 11.5. The van der Waals surface area contributed by atoms with E-state index < -0.39 is 0 Å². The fraction of sp³-hybridized carbons (Fsp3) is 0.421. The van der Waals surface area contributed by atoms with Crippen LogP contribution in [0.25, 0.3) is 0 Å². The van der Waals surface area contributed by atoms with Gasteiger partial charge in [0.2, 0.25) is 0 Å². The molecule has 2 aromatic rings. The standard InChI is InChI=1S/C19H23N3O3/c1-13-10-16(21-14(2)20-13)19(23)22-17-12-24-9-8-18(17)25-11-15-6-4-3-5-7-15/h3-7,10,17-18H,8-9,11-12H2,1-2H3,(H,22,23)/t17-,18+/m1/s1. The molecule has 1 saturated heterocycles. The van der Waals surface area contributed by atoms with Gasteiger partial charge in [0.25, 0.3) is 5.91 Å². The minimum absolute atomic E-state index is 0.0815. The van der Waals surface area contributed by atoms with Crippen molar-refractivity contribution in [2.75, 3.05) is 13.2 Å². The minimum Gasteiger partial charge on any atom is -0.379 e.